The number of aromatic amines is 1. The summed E-state index contributed by atoms with van der Waals surface area (Å²) in [7, 11) is -2.67. The Morgan fingerprint density at radius 3 is 2.07 bits per heavy atom. The number of aromatic nitrogens is 7. The number of ether oxygens (including phenoxy) is 3. The number of piperazine rings is 1. The van der Waals surface area contributed by atoms with Gasteiger partial charge in [-0.05, 0) is 51.8 Å². The normalized spacial score (nSPS) is 18.4. The van der Waals surface area contributed by atoms with Crippen molar-refractivity contribution in [2.75, 3.05) is 44.7 Å². The molecule has 5 aromatic rings. The highest BCUT2D eigenvalue weighted by molar-refractivity contribution is 6.76. The van der Waals surface area contributed by atoms with E-state index in [1.165, 1.54) is 6.33 Å². The molecule has 7 rings (SSSR count). The average molecular weight is 867 g/mol. The minimum atomic E-state index is -1.34. The molecule has 2 saturated heterocycles. The van der Waals surface area contributed by atoms with Gasteiger partial charge in [0.15, 0.2) is 5.65 Å². The Morgan fingerprint density at radius 1 is 0.852 bits per heavy atom. The Balaban J connectivity index is 1.27. The number of hydrogen-bond acceptors (Lipinski definition) is 11. The molecule has 2 aliphatic rings. The van der Waals surface area contributed by atoms with E-state index in [2.05, 4.69) is 83.6 Å². The van der Waals surface area contributed by atoms with E-state index in [9.17, 15) is 9.59 Å². The fourth-order valence-electron chi connectivity index (χ4n) is 7.88. The first-order valence-electron chi connectivity index (χ1n) is 21.4. The first-order chi connectivity index (χ1) is 28.9. The molecule has 2 unspecified atom stereocenters. The number of carbonyl (C=O) groups excluding carboxylic acids is 2. The number of hydrogen-bond donors (Lipinski definition) is 1. The minimum absolute atomic E-state index is 0.0536. The predicted molar refractivity (Wildman–Crippen MR) is 242 cm³/mol. The van der Waals surface area contributed by atoms with Gasteiger partial charge < -0.3 is 28.9 Å². The van der Waals surface area contributed by atoms with Crippen LogP contribution in [0, 0.1) is 0 Å². The maximum absolute atomic E-state index is 14.0. The lowest BCUT2D eigenvalue weighted by Crippen LogP contribution is -2.65. The van der Waals surface area contributed by atoms with Crippen molar-refractivity contribution in [2.45, 2.75) is 109 Å². The summed E-state index contributed by atoms with van der Waals surface area (Å²) < 4.78 is 20.5. The molecule has 2 atom stereocenters. The molecule has 0 radical (unpaired) electrons. The van der Waals surface area contributed by atoms with Gasteiger partial charge in [0.2, 0.25) is 5.82 Å². The Bertz CT molecular complexity index is 2210. The summed E-state index contributed by atoms with van der Waals surface area (Å²) in [5.74, 6) is 0.695. The molecule has 326 valence electrons. The molecule has 0 aliphatic carbocycles. The van der Waals surface area contributed by atoms with Crippen LogP contribution in [0.1, 0.15) is 55.8 Å². The highest BCUT2D eigenvalue weighted by atomic mass is 28.3. The predicted octanol–water partition coefficient (Wildman–Crippen LogP) is 8.02. The molecule has 0 saturated carbocycles. The largest absolute Gasteiger partial charge is 0.444 e. The summed E-state index contributed by atoms with van der Waals surface area (Å²) in [6.45, 7) is 22.3. The van der Waals surface area contributed by atoms with Gasteiger partial charge in [-0.15, -0.1) is 0 Å². The van der Waals surface area contributed by atoms with E-state index in [-0.39, 0.29) is 35.8 Å². The number of nitrogens with one attached hydrogen (secondary N) is 1. The molecule has 4 aromatic heterocycles. The van der Waals surface area contributed by atoms with Crippen LogP contribution in [0.25, 0.3) is 28.0 Å². The third-order valence-corrected chi connectivity index (χ3v) is 14.5. The van der Waals surface area contributed by atoms with Crippen LogP contribution in [0.15, 0.2) is 67.3 Å². The van der Waals surface area contributed by atoms with Gasteiger partial charge in [-0.1, -0.05) is 75.7 Å². The van der Waals surface area contributed by atoms with Crippen LogP contribution in [-0.2, 0) is 14.2 Å². The number of fused-ring (bicyclic) bond motifs is 3. The number of benzene rings is 1. The van der Waals surface area contributed by atoms with Gasteiger partial charge in [0.1, 0.15) is 31.2 Å². The molecule has 15 nitrogen and oxygen atoms in total. The van der Waals surface area contributed by atoms with Crippen LogP contribution in [0.2, 0.25) is 51.4 Å². The second-order valence-electron chi connectivity index (χ2n) is 19.8. The first kappa shape index (κ1) is 44.1. The molecule has 6 heterocycles. The Hall–Kier alpha value is -4.98. The maximum Gasteiger partial charge on any atom is 0.410 e. The summed E-state index contributed by atoms with van der Waals surface area (Å²) in [6.07, 6.45) is 5.82. The third-order valence-electron chi connectivity index (χ3n) is 11.1. The zero-order valence-corrected chi connectivity index (χ0v) is 39.2. The van der Waals surface area contributed by atoms with E-state index in [4.69, 9.17) is 29.3 Å². The third kappa shape index (κ3) is 11.1. The SMILES string of the molecule is CC(C)(C)OC(=O)N1CC2CC(c3cc(N(COCC[Si](C)(C)C)COCC[Si](C)(C)C)n4ncc(-c5ccc(-c6ccccc6)nc5)c4n3)CC(C1)N2C(=O)c1ncn[nH]1. The minimum Gasteiger partial charge on any atom is -0.444 e. The Labute approximate surface area is 361 Å². The molecule has 0 spiro atoms. The van der Waals surface area contributed by atoms with Gasteiger partial charge in [-0.3, -0.25) is 14.9 Å². The van der Waals surface area contributed by atoms with Crippen molar-refractivity contribution in [1.29, 1.82) is 0 Å². The van der Waals surface area contributed by atoms with Gasteiger partial charge in [0, 0.05) is 83.0 Å². The fourth-order valence-corrected chi connectivity index (χ4v) is 9.39. The monoisotopic (exact) mass is 866 g/mol. The van der Waals surface area contributed by atoms with E-state index >= 15 is 0 Å². The molecule has 2 aliphatic heterocycles. The van der Waals surface area contributed by atoms with Crippen molar-refractivity contribution in [1.82, 2.24) is 44.6 Å². The topological polar surface area (TPSA) is 156 Å². The number of rotatable bonds is 15. The number of anilines is 1. The number of H-pyrrole nitrogens is 1. The molecular weight excluding hydrogens is 805 g/mol. The van der Waals surface area contributed by atoms with Crippen molar-refractivity contribution < 1.29 is 23.8 Å². The lowest BCUT2D eigenvalue weighted by Gasteiger charge is -2.51. The Kier molecular flexibility index (Phi) is 13.1. The van der Waals surface area contributed by atoms with E-state index in [0.717, 1.165) is 46.0 Å². The zero-order valence-electron chi connectivity index (χ0n) is 37.2. The number of pyridine rings is 1. The van der Waals surface area contributed by atoms with Crippen molar-refractivity contribution in [3.8, 4) is 22.4 Å². The lowest BCUT2D eigenvalue weighted by molar-refractivity contribution is -0.0264. The van der Waals surface area contributed by atoms with Gasteiger partial charge in [-0.25, -0.2) is 14.8 Å². The van der Waals surface area contributed by atoms with Crippen LogP contribution in [0.5, 0.6) is 0 Å². The zero-order chi connectivity index (χ0) is 43.5. The molecule has 2 fully saturated rings. The summed E-state index contributed by atoms with van der Waals surface area (Å²) >= 11 is 0. The highest BCUT2D eigenvalue weighted by Gasteiger charge is 2.47. The lowest BCUT2D eigenvalue weighted by atomic mass is 9.81. The van der Waals surface area contributed by atoms with Gasteiger partial charge >= 0.3 is 6.09 Å². The van der Waals surface area contributed by atoms with Crippen LogP contribution in [-0.4, -0.2) is 130 Å². The summed E-state index contributed by atoms with van der Waals surface area (Å²) in [5.41, 5.74) is 4.58. The maximum atomic E-state index is 14.0. The number of piperidine rings is 1. The molecule has 2 bridgehead atoms. The van der Waals surface area contributed by atoms with Crippen molar-refractivity contribution in [3.05, 3.63) is 78.8 Å². The highest BCUT2D eigenvalue weighted by Crippen LogP contribution is 2.40. The van der Waals surface area contributed by atoms with Gasteiger partial charge in [0.25, 0.3) is 5.91 Å². The standard InChI is InChI=1S/C44H62N10O5Si2/c1-44(2,3)59-43(56)51-26-34-21-33(22-35(27-51)53(34)42(55)40-46-28-47-50-40)38-23-39(52(29-57-17-19-60(4,5)6)30-58-18-20-61(7,8)9)54-41(49-38)36(25-48-54)32-15-16-37(45-24-32)31-13-11-10-12-14-31/h10-16,23-25,28,33-35H,17-22,26-27,29-30H2,1-9H3,(H,46,47,50). The van der Waals surface area contributed by atoms with E-state index < -0.39 is 21.7 Å². The second kappa shape index (κ2) is 18.2. The molecule has 1 aromatic carbocycles. The van der Waals surface area contributed by atoms with Crippen molar-refractivity contribution >= 4 is 39.6 Å². The number of amides is 2. The quantitative estimate of drug-likeness (QED) is 0.0618. The number of likely N-dealkylation sites (tertiary alicyclic amines) is 1. The second-order valence-corrected chi connectivity index (χ2v) is 31.0. The molecule has 61 heavy (non-hydrogen) atoms. The molecular formula is C44H62N10O5Si2. The van der Waals surface area contributed by atoms with Gasteiger partial charge in [-0.2, -0.15) is 14.7 Å². The number of nitrogens with zero attached hydrogens (tertiary/aromatic N) is 9. The Morgan fingerprint density at radius 2 is 1.51 bits per heavy atom. The van der Waals surface area contributed by atoms with Gasteiger partial charge in [0.05, 0.1) is 24.0 Å². The van der Waals surface area contributed by atoms with Crippen LogP contribution < -0.4 is 4.90 Å². The summed E-state index contributed by atoms with van der Waals surface area (Å²) in [5, 5.41) is 11.7. The van der Waals surface area contributed by atoms with Crippen LogP contribution >= 0.6 is 0 Å². The van der Waals surface area contributed by atoms with Crippen LogP contribution in [0.4, 0.5) is 10.6 Å². The van der Waals surface area contributed by atoms with Crippen molar-refractivity contribution in [3.63, 3.8) is 0 Å². The van der Waals surface area contributed by atoms with E-state index in [0.29, 0.717) is 58.3 Å². The molecule has 1 N–H and O–H groups in total. The summed E-state index contributed by atoms with van der Waals surface area (Å²) in [6, 6.07) is 17.8. The molecule has 17 heteroatoms. The fraction of sp³-hybridized carbons (Fsp3) is 0.523. The molecule has 2 amide bonds. The first-order valence-corrected chi connectivity index (χ1v) is 28.8. The number of carbonyl (C=O) groups is 2. The van der Waals surface area contributed by atoms with E-state index in [1.807, 2.05) is 66.8 Å². The van der Waals surface area contributed by atoms with Crippen molar-refractivity contribution in [2.24, 2.45) is 0 Å². The average Bonchev–Trinajstić information content (AvgIpc) is 3.89. The van der Waals surface area contributed by atoms with Crippen LogP contribution in [0.3, 0.4) is 0 Å². The summed E-state index contributed by atoms with van der Waals surface area (Å²) in [4.78, 5) is 47.6. The van der Waals surface area contributed by atoms with E-state index in [1.54, 1.807) is 4.90 Å². The smallest absolute Gasteiger partial charge is 0.410 e.